The lowest BCUT2D eigenvalue weighted by Crippen LogP contribution is -2.35. The van der Waals surface area contributed by atoms with E-state index in [1.807, 2.05) is 26.0 Å². The number of morpholine rings is 1. The molecule has 1 saturated heterocycles. The highest BCUT2D eigenvalue weighted by Gasteiger charge is 2.11. The van der Waals surface area contributed by atoms with Gasteiger partial charge >= 0.3 is 0 Å². The standard InChI is InChI=1S/C17H26N2O3/c1-3-17(20)18-12-14(2)22-16-6-4-5-15(11-16)13-19-7-9-21-10-8-19/h4-6,11,14H,3,7-10,12-13H2,1-2H3,(H,18,20). The van der Waals surface area contributed by atoms with Crippen LogP contribution in [0.3, 0.4) is 0 Å². The molecule has 0 aromatic heterocycles. The molecule has 5 nitrogen and oxygen atoms in total. The molecule has 1 aromatic carbocycles. The molecular formula is C17H26N2O3. The number of carbonyl (C=O) groups is 1. The Bertz CT molecular complexity index is 473. The number of hydrogen-bond acceptors (Lipinski definition) is 4. The van der Waals surface area contributed by atoms with Crippen molar-refractivity contribution in [1.29, 1.82) is 0 Å². The van der Waals surface area contributed by atoms with Crippen molar-refractivity contribution in [2.45, 2.75) is 32.9 Å². The molecule has 0 saturated carbocycles. The molecular weight excluding hydrogens is 280 g/mol. The minimum Gasteiger partial charge on any atom is -0.489 e. The van der Waals surface area contributed by atoms with Gasteiger partial charge in [0.05, 0.1) is 19.8 Å². The van der Waals surface area contributed by atoms with Gasteiger partial charge in [0.15, 0.2) is 0 Å². The first kappa shape index (κ1) is 16.8. The number of hydrogen-bond donors (Lipinski definition) is 1. The molecule has 1 unspecified atom stereocenters. The molecule has 0 radical (unpaired) electrons. The molecule has 0 spiro atoms. The molecule has 1 aliphatic rings. The summed E-state index contributed by atoms with van der Waals surface area (Å²) in [6, 6.07) is 8.17. The first-order valence-electron chi connectivity index (χ1n) is 7.99. The molecule has 1 heterocycles. The van der Waals surface area contributed by atoms with Crippen molar-refractivity contribution < 1.29 is 14.3 Å². The van der Waals surface area contributed by atoms with E-state index in [1.165, 1.54) is 5.56 Å². The van der Waals surface area contributed by atoms with Gasteiger partial charge in [0.1, 0.15) is 11.9 Å². The highest BCUT2D eigenvalue weighted by molar-refractivity contribution is 5.75. The molecule has 1 fully saturated rings. The maximum Gasteiger partial charge on any atom is 0.219 e. The van der Waals surface area contributed by atoms with Crippen LogP contribution in [0.4, 0.5) is 0 Å². The molecule has 1 amide bonds. The summed E-state index contributed by atoms with van der Waals surface area (Å²) in [6.07, 6.45) is 0.455. The van der Waals surface area contributed by atoms with Gasteiger partial charge in [-0.3, -0.25) is 9.69 Å². The Kier molecular flexibility index (Phi) is 6.68. The first-order chi connectivity index (χ1) is 10.7. The quantitative estimate of drug-likeness (QED) is 0.835. The summed E-state index contributed by atoms with van der Waals surface area (Å²) in [6.45, 7) is 8.83. The van der Waals surface area contributed by atoms with Gasteiger partial charge in [-0.2, -0.15) is 0 Å². The fourth-order valence-electron chi connectivity index (χ4n) is 2.39. The molecule has 5 heteroatoms. The van der Waals surface area contributed by atoms with Crippen LogP contribution in [-0.4, -0.2) is 49.8 Å². The summed E-state index contributed by atoms with van der Waals surface area (Å²) in [5.41, 5.74) is 1.24. The van der Waals surface area contributed by atoms with E-state index in [9.17, 15) is 4.79 Å². The van der Waals surface area contributed by atoms with Crippen LogP contribution < -0.4 is 10.1 Å². The van der Waals surface area contributed by atoms with Gasteiger partial charge in [-0.1, -0.05) is 19.1 Å². The zero-order valence-electron chi connectivity index (χ0n) is 13.5. The molecule has 0 aliphatic carbocycles. The summed E-state index contributed by atoms with van der Waals surface area (Å²) in [4.78, 5) is 13.6. The summed E-state index contributed by atoms with van der Waals surface area (Å²) in [7, 11) is 0. The van der Waals surface area contributed by atoms with Crippen molar-refractivity contribution in [2.75, 3.05) is 32.8 Å². The van der Waals surface area contributed by atoms with Crippen LogP contribution in [0.1, 0.15) is 25.8 Å². The number of nitrogens with zero attached hydrogens (tertiary/aromatic N) is 1. The molecule has 22 heavy (non-hydrogen) atoms. The van der Waals surface area contributed by atoms with Gasteiger partial charge in [-0.05, 0) is 24.6 Å². The predicted octanol–water partition coefficient (Wildman–Crippen LogP) is 1.81. The highest BCUT2D eigenvalue weighted by Crippen LogP contribution is 2.16. The van der Waals surface area contributed by atoms with E-state index in [1.54, 1.807) is 0 Å². The van der Waals surface area contributed by atoms with Crippen molar-refractivity contribution >= 4 is 5.91 Å². The van der Waals surface area contributed by atoms with Crippen molar-refractivity contribution in [2.24, 2.45) is 0 Å². The number of ether oxygens (including phenoxy) is 2. The largest absolute Gasteiger partial charge is 0.489 e. The van der Waals surface area contributed by atoms with E-state index in [-0.39, 0.29) is 12.0 Å². The lowest BCUT2D eigenvalue weighted by atomic mass is 10.2. The number of rotatable bonds is 7. The lowest BCUT2D eigenvalue weighted by Gasteiger charge is -2.26. The third-order valence-electron chi connectivity index (χ3n) is 3.65. The summed E-state index contributed by atoms with van der Waals surface area (Å²) >= 11 is 0. The molecule has 1 aromatic rings. The van der Waals surface area contributed by atoms with E-state index in [2.05, 4.69) is 22.3 Å². The SMILES string of the molecule is CCC(=O)NCC(C)Oc1cccc(CN2CCOCC2)c1. The third kappa shape index (κ3) is 5.66. The fraction of sp³-hybridized carbons (Fsp3) is 0.588. The zero-order chi connectivity index (χ0) is 15.8. The molecule has 1 atom stereocenters. The van der Waals surface area contributed by atoms with Crippen molar-refractivity contribution in [3.05, 3.63) is 29.8 Å². The van der Waals surface area contributed by atoms with Crippen molar-refractivity contribution in [1.82, 2.24) is 10.2 Å². The summed E-state index contributed by atoms with van der Waals surface area (Å²) in [5.74, 6) is 0.903. The van der Waals surface area contributed by atoms with Gasteiger partial charge in [-0.15, -0.1) is 0 Å². The third-order valence-corrected chi connectivity index (χ3v) is 3.65. The average molecular weight is 306 g/mol. The minimum atomic E-state index is -0.0471. The second-order valence-electron chi connectivity index (χ2n) is 5.62. The highest BCUT2D eigenvalue weighted by atomic mass is 16.5. The molecule has 1 N–H and O–H groups in total. The van der Waals surface area contributed by atoms with E-state index in [4.69, 9.17) is 9.47 Å². The number of benzene rings is 1. The van der Waals surface area contributed by atoms with Gasteiger partial charge in [0, 0.05) is 26.1 Å². The Morgan fingerprint density at radius 2 is 2.18 bits per heavy atom. The van der Waals surface area contributed by atoms with Crippen molar-refractivity contribution in [3.63, 3.8) is 0 Å². The maximum absolute atomic E-state index is 11.3. The summed E-state index contributed by atoms with van der Waals surface area (Å²) in [5, 5.41) is 2.85. The zero-order valence-corrected chi connectivity index (χ0v) is 13.5. The van der Waals surface area contributed by atoms with E-state index in [0.29, 0.717) is 13.0 Å². The first-order valence-corrected chi connectivity index (χ1v) is 7.99. The molecule has 122 valence electrons. The fourth-order valence-corrected chi connectivity index (χ4v) is 2.39. The van der Waals surface area contributed by atoms with Crippen LogP contribution in [0.5, 0.6) is 5.75 Å². The van der Waals surface area contributed by atoms with E-state index < -0.39 is 0 Å². The van der Waals surface area contributed by atoms with Gasteiger partial charge in [-0.25, -0.2) is 0 Å². The Hall–Kier alpha value is -1.59. The van der Waals surface area contributed by atoms with E-state index in [0.717, 1.165) is 38.6 Å². The van der Waals surface area contributed by atoms with Crippen molar-refractivity contribution in [3.8, 4) is 5.75 Å². The molecule has 0 bridgehead atoms. The Labute approximate surface area is 132 Å². The van der Waals surface area contributed by atoms with Crippen LogP contribution in [0, 0.1) is 0 Å². The Morgan fingerprint density at radius 3 is 2.91 bits per heavy atom. The van der Waals surface area contributed by atoms with Crippen LogP contribution in [0.25, 0.3) is 0 Å². The Balaban J connectivity index is 1.83. The predicted molar refractivity (Wildman–Crippen MR) is 85.9 cm³/mol. The van der Waals surface area contributed by atoms with Crippen LogP contribution >= 0.6 is 0 Å². The second kappa shape index (κ2) is 8.76. The molecule has 1 aliphatic heterocycles. The van der Waals surface area contributed by atoms with E-state index >= 15 is 0 Å². The number of amides is 1. The van der Waals surface area contributed by atoms with Gasteiger partial charge in [0.2, 0.25) is 5.91 Å². The molecule has 2 rings (SSSR count). The number of nitrogens with one attached hydrogen (secondary N) is 1. The van der Waals surface area contributed by atoms with Gasteiger partial charge in [0.25, 0.3) is 0 Å². The average Bonchev–Trinajstić information content (AvgIpc) is 2.54. The summed E-state index contributed by atoms with van der Waals surface area (Å²) < 4.78 is 11.2. The topological polar surface area (TPSA) is 50.8 Å². The Morgan fingerprint density at radius 1 is 1.41 bits per heavy atom. The van der Waals surface area contributed by atoms with Crippen LogP contribution in [-0.2, 0) is 16.1 Å². The lowest BCUT2D eigenvalue weighted by molar-refractivity contribution is -0.121. The monoisotopic (exact) mass is 306 g/mol. The number of carbonyl (C=O) groups excluding carboxylic acids is 1. The normalized spacial score (nSPS) is 17.0. The smallest absolute Gasteiger partial charge is 0.219 e. The maximum atomic E-state index is 11.3. The van der Waals surface area contributed by atoms with Crippen LogP contribution in [0.15, 0.2) is 24.3 Å². The van der Waals surface area contributed by atoms with Gasteiger partial charge < -0.3 is 14.8 Å². The minimum absolute atomic E-state index is 0.0471. The second-order valence-corrected chi connectivity index (χ2v) is 5.62. The van der Waals surface area contributed by atoms with Crippen LogP contribution in [0.2, 0.25) is 0 Å².